The maximum Gasteiger partial charge on any atom is 0.322 e. The fourth-order valence-electron chi connectivity index (χ4n) is 4.77. The van der Waals surface area contributed by atoms with Gasteiger partial charge in [0.25, 0.3) is 0 Å². The molecule has 0 aliphatic carbocycles. The summed E-state index contributed by atoms with van der Waals surface area (Å²) in [4.78, 5) is 28.0. The van der Waals surface area contributed by atoms with Crippen molar-refractivity contribution in [2.45, 2.75) is 39.3 Å². The van der Waals surface area contributed by atoms with E-state index >= 15 is 0 Å². The van der Waals surface area contributed by atoms with Gasteiger partial charge in [0.2, 0.25) is 25.9 Å². The Morgan fingerprint density at radius 3 is 1.85 bits per heavy atom. The monoisotopic (exact) mass is 748 g/mol. The number of anilines is 2. The summed E-state index contributed by atoms with van der Waals surface area (Å²) in [6.45, 7) is 4.02. The second-order valence-electron chi connectivity index (χ2n) is 10.6. The number of amides is 3. The van der Waals surface area contributed by atoms with Crippen LogP contribution in [0, 0.1) is 0 Å². The molecular formula is C31H30Cl6N4O5. The Morgan fingerprint density at radius 1 is 0.804 bits per heavy atom. The van der Waals surface area contributed by atoms with Crippen molar-refractivity contribution in [1.82, 2.24) is 10.6 Å². The van der Waals surface area contributed by atoms with Crippen molar-refractivity contribution >= 4 is 92.9 Å². The van der Waals surface area contributed by atoms with E-state index < -0.39 is 37.4 Å². The summed E-state index contributed by atoms with van der Waals surface area (Å²) < 4.78 is 12.7. The first-order valence-electron chi connectivity index (χ1n) is 13.6. The SMILES string of the molecule is COc1ccc(NC(=O)N[C@@H](Oc2ccccc2O[C@@H](NC(=O)/C=C2\N(C)c3ccccc3C2(C)C)C(Cl)(Cl)Cl)C(Cl)(Cl)Cl)cc1. The van der Waals surface area contributed by atoms with Crippen LogP contribution in [-0.2, 0) is 10.2 Å². The largest absolute Gasteiger partial charge is 0.497 e. The molecule has 3 aromatic rings. The number of ether oxygens (including phenoxy) is 3. The van der Waals surface area contributed by atoms with Gasteiger partial charge in [0.1, 0.15) is 5.75 Å². The Balaban J connectivity index is 1.51. The van der Waals surface area contributed by atoms with E-state index in [-0.39, 0.29) is 11.5 Å². The van der Waals surface area contributed by atoms with Crippen LogP contribution in [0.5, 0.6) is 17.2 Å². The van der Waals surface area contributed by atoms with Crippen molar-refractivity contribution in [3.63, 3.8) is 0 Å². The van der Waals surface area contributed by atoms with E-state index in [0.717, 1.165) is 16.9 Å². The molecule has 0 aromatic heterocycles. The first-order valence-corrected chi connectivity index (χ1v) is 15.9. The molecule has 0 fully saturated rings. The van der Waals surface area contributed by atoms with Crippen molar-refractivity contribution in [3.05, 3.63) is 90.1 Å². The Morgan fingerprint density at radius 2 is 1.33 bits per heavy atom. The number of fused-ring (bicyclic) bond motifs is 1. The van der Waals surface area contributed by atoms with Gasteiger partial charge in [0.05, 0.1) is 7.11 Å². The molecular weight excluding hydrogens is 721 g/mol. The molecule has 0 unspecified atom stereocenters. The number of allylic oxidation sites excluding steroid dienone is 1. The number of carbonyl (C=O) groups is 2. The van der Waals surface area contributed by atoms with Gasteiger partial charge < -0.3 is 29.7 Å². The maximum absolute atomic E-state index is 13.3. The topological polar surface area (TPSA) is 101 Å². The molecule has 3 N–H and O–H groups in total. The number of hydrogen-bond acceptors (Lipinski definition) is 6. The van der Waals surface area contributed by atoms with Crippen LogP contribution in [0.1, 0.15) is 19.4 Å². The summed E-state index contributed by atoms with van der Waals surface area (Å²) in [5, 5.41) is 7.70. The Hall–Kier alpha value is -2.92. The van der Waals surface area contributed by atoms with E-state index in [1.165, 1.54) is 25.3 Å². The molecule has 0 bridgehead atoms. The highest BCUT2D eigenvalue weighted by Crippen LogP contribution is 2.46. The molecule has 1 aliphatic heterocycles. The average molecular weight is 751 g/mol. The summed E-state index contributed by atoms with van der Waals surface area (Å²) in [5.74, 6) is 0.0384. The van der Waals surface area contributed by atoms with Crippen LogP contribution < -0.4 is 35.1 Å². The maximum atomic E-state index is 13.3. The lowest BCUT2D eigenvalue weighted by Crippen LogP contribution is -2.50. The molecule has 0 saturated heterocycles. The number of hydrogen-bond donors (Lipinski definition) is 3. The first kappa shape index (κ1) is 35.9. The number of urea groups is 1. The molecule has 2 atom stereocenters. The summed E-state index contributed by atoms with van der Waals surface area (Å²) in [6, 6.07) is 19.9. The van der Waals surface area contributed by atoms with E-state index in [4.69, 9.17) is 83.8 Å². The number of alkyl halides is 6. The van der Waals surface area contributed by atoms with E-state index in [2.05, 4.69) is 16.0 Å². The molecule has 9 nitrogen and oxygen atoms in total. The molecule has 46 heavy (non-hydrogen) atoms. The lowest BCUT2D eigenvalue weighted by molar-refractivity contribution is -0.119. The van der Waals surface area contributed by atoms with Crippen LogP contribution in [0.3, 0.4) is 0 Å². The van der Waals surface area contributed by atoms with Crippen molar-refractivity contribution in [2.75, 3.05) is 24.4 Å². The summed E-state index contributed by atoms with van der Waals surface area (Å²) >= 11 is 37.2. The molecule has 0 saturated carbocycles. The molecule has 15 heteroatoms. The number of carbonyl (C=O) groups excluding carboxylic acids is 2. The Labute approximate surface area is 296 Å². The van der Waals surface area contributed by atoms with Crippen molar-refractivity contribution < 1.29 is 23.8 Å². The quantitative estimate of drug-likeness (QED) is 0.116. The Kier molecular flexibility index (Phi) is 11.3. The van der Waals surface area contributed by atoms with Crippen LogP contribution in [-0.4, -0.2) is 46.1 Å². The summed E-state index contributed by atoms with van der Waals surface area (Å²) in [7, 11) is 3.39. The number of likely N-dealkylation sites (N-methyl/N-ethyl adjacent to an activating group) is 1. The van der Waals surface area contributed by atoms with E-state index in [0.29, 0.717) is 11.4 Å². The van der Waals surface area contributed by atoms with Crippen molar-refractivity contribution in [1.29, 1.82) is 0 Å². The van der Waals surface area contributed by atoms with Gasteiger partial charge in [0, 0.05) is 35.6 Å². The van der Waals surface area contributed by atoms with Gasteiger partial charge in [0.15, 0.2) is 11.5 Å². The third-order valence-electron chi connectivity index (χ3n) is 7.03. The minimum atomic E-state index is -2.14. The van der Waals surface area contributed by atoms with Crippen LogP contribution in [0.4, 0.5) is 16.2 Å². The normalized spacial score (nSPS) is 16.2. The Bertz CT molecular complexity index is 1590. The van der Waals surface area contributed by atoms with E-state index in [9.17, 15) is 9.59 Å². The van der Waals surface area contributed by atoms with Gasteiger partial charge in [-0.1, -0.05) is 114 Å². The highest BCUT2D eigenvalue weighted by molar-refractivity contribution is 6.68. The number of nitrogens with one attached hydrogen (secondary N) is 3. The molecule has 3 amide bonds. The van der Waals surface area contributed by atoms with Gasteiger partial charge in [-0.3, -0.25) is 10.1 Å². The minimum Gasteiger partial charge on any atom is -0.497 e. The zero-order chi connectivity index (χ0) is 33.9. The standard InChI is InChI=1S/C31H30Cl6N4O5/c1-29(2)20-9-5-6-10-21(20)41(3)24(29)17-25(42)39-26(30(32,33)34)45-22-11-7-8-12-23(22)46-27(31(35,36)37)40-28(43)38-18-13-15-19(44-4)16-14-18/h5-17,26-27H,1-4H3,(H,39,42)(H2,38,40,43)/b24-17-/t26-,27+/m1/s1. The van der Waals surface area contributed by atoms with Crippen LogP contribution in [0.25, 0.3) is 0 Å². The number of para-hydroxylation sites is 3. The molecule has 0 radical (unpaired) electrons. The van der Waals surface area contributed by atoms with Gasteiger partial charge in [-0.25, -0.2) is 4.79 Å². The third-order valence-corrected chi connectivity index (χ3v) is 8.21. The van der Waals surface area contributed by atoms with Crippen LogP contribution in [0.15, 0.2) is 84.6 Å². The fraction of sp³-hybridized carbons (Fsp3) is 0.290. The van der Waals surface area contributed by atoms with Crippen LogP contribution in [0.2, 0.25) is 0 Å². The van der Waals surface area contributed by atoms with Crippen LogP contribution >= 0.6 is 69.6 Å². The van der Waals surface area contributed by atoms with Crippen molar-refractivity contribution in [3.8, 4) is 17.2 Å². The van der Waals surface area contributed by atoms with Gasteiger partial charge in [-0.15, -0.1) is 0 Å². The zero-order valence-corrected chi connectivity index (χ0v) is 29.5. The number of benzene rings is 3. The molecule has 246 valence electrons. The lowest BCUT2D eigenvalue weighted by atomic mass is 9.84. The molecule has 0 spiro atoms. The third kappa shape index (κ3) is 8.70. The number of nitrogens with zero attached hydrogens (tertiary/aromatic N) is 1. The molecule has 3 aromatic carbocycles. The number of rotatable bonds is 9. The van der Waals surface area contributed by atoms with Gasteiger partial charge in [-0.2, -0.15) is 0 Å². The number of methoxy groups -OCH3 is 1. The molecule has 1 aliphatic rings. The summed E-state index contributed by atoms with van der Waals surface area (Å²) in [5.41, 5.74) is 2.73. The molecule has 1 heterocycles. The fourth-order valence-corrected chi connectivity index (χ4v) is 5.36. The number of halogens is 6. The highest BCUT2D eigenvalue weighted by atomic mass is 35.6. The average Bonchev–Trinajstić information content (AvgIpc) is 3.17. The smallest absolute Gasteiger partial charge is 0.322 e. The van der Waals surface area contributed by atoms with E-state index in [1.807, 2.05) is 50.1 Å². The second kappa shape index (κ2) is 14.5. The van der Waals surface area contributed by atoms with E-state index in [1.54, 1.807) is 36.4 Å². The van der Waals surface area contributed by atoms with Gasteiger partial charge >= 0.3 is 6.03 Å². The minimum absolute atomic E-state index is 0.00235. The van der Waals surface area contributed by atoms with Gasteiger partial charge in [-0.05, 0) is 48.0 Å². The first-order chi connectivity index (χ1) is 21.5. The lowest BCUT2D eigenvalue weighted by Gasteiger charge is -2.30. The highest BCUT2D eigenvalue weighted by Gasteiger charge is 2.41. The van der Waals surface area contributed by atoms with Crippen molar-refractivity contribution in [2.24, 2.45) is 0 Å². The zero-order valence-electron chi connectivity index (χ0n) is 24.9. The summed E-state index contributed by atoms with van der Waals surface area (Å²) in [6.07, 6.45) is -1.59. The molecule has 4 rings (SSSR count). The predicted molar refractivity (Wildman–Crippen MR) is 185 cm³/mol. The predicted octanol–water partition coefficient (Wildman–Crippen LogP) is 8.09. The second-order valence-corrected chi connectivity index (χ2v) is 15.3.